The molecule has 3 aliphatic rings. The van der Waals surface area contributed by atoms with Gasteiger partial charge in [0.2, 0.25) is 5.91 Å². The number of benzene rings is 1. The fourth-order valence-electron chi connectivity index (χ4n) is 4.65. The summed E-state index contributed by atoms with van der Waals surface area (Å²) in [6, 6.07) is 5.93. The number of ether oxygens (including phenoxy) is 2. The first-order valence-corrected chi connectivity index (χ1v) is 11.5. The second-order valence-corrected chi connectivity index (χ2v) is 8.92. The fourth-order valence-corrected chi connectivity index (χ4v) is 4.65. The molecule has 1 saturated carbocycles. The van der Waals surface area contributed by atoms with Crippen LogP contribution < -0.4 is 20.1 Å². The molecule has 31 heavy (non-hydrogen) atoms. The molecule has 1 aliphatic carbocycles. The molecule has 3 amide bonds. The average Bonchev–Trinajstić information content (AvgIpc) is 2.76. The number of nitrogens with one attached hydrogen (secondary N) is 2. The first kappa shape index (κ1) is 21.9. The molecular weight excluding hydrogens is 396 g/mol. The molecule has 8 heteroatoms. The van der Waals surface area contributed by atoms with E-state index in [1.165, 1.54) is 12.0 Å². The van der Waals surface area contributed by atoms with Crippen LogP contribution in [-0.2, 0) is 11.3 Å². The van der Waals surface area contributed by atoms with Crippen molar-refractivity contribution in [2.24, 2.45) is 5.92 Å². The van der Waals surface area contributed by atoms with Crippen molar-refractivity contribution in [2.75, 3.05) is 45.9 Å². The van der Waals surface area contributed by atoms with Crippen LogP contribution in [-0.4, -0.2) is 73.7 Å². The Balaban J connectivity index is 1.17. The van der Waals surface area contributed by atoms with E-state index in [9.17, 15) is 9.59 Å². The van der Waals surface area contributed by atoms with Crippen LogP contribution in [0, 0.1) is 5.92 Å². The molecule has 1 aromatic rings. The van der Waals surface area contributed by atoms with Crippen LogP contribution in [0.5, 0.6) is 11.5 Å². The van der Waals surface area contributed by atoms with E-state index in [1.807, 2.05) is 6.07 Å². The van der Waals surface area contributed by atoms with Crippen LogP contribution >= 0.6 is 0 Å². The Kier molecular flexibility index (Phi) is 7.29. The lowest BCUT2D eigenvalue weighted by Gasteiger charge is -2.34. The molecule has 2 unspecified atom stereocenters. The first-order chi connectivity index (χ1) is 15.1. The number of rotatable bonds is 5. The highest BCUT2D eigenvalue weighted by atomic mass is 16.6. The third kappa shape index (κ3) is 6.11. The molecule has 4 rings (SSSR count). The van der Waals surface area contributed by atoms with Crippen LogP contribution in [0.3, 0.4) is 0 Å². The van der Waals surface area contributed by atoms with Crippen molar-refractivity contribution in [3.63, 3.8) is 0 Å². The van der Waals surface area contributed by atoms with Crippen LogP contribution in [0.15, 0.2) is 18.2 Å². The van der Waals surface area contributed by atoms with Crippen molar-refractivity contribution in [2.45, 2.75) is 45.2 Å². The Morgan fingerprint density at radius 2 is 1.71 bits per heavy atom. The number of fused-ring (bicyclic) bond motifs is 1. The Morgan fingerprint density at radius 1 is 1.00 bits per heavy atom. The van der Waals surface area contributed by atoms with Crippen molar-refractivity contribution in [3.8, 4) is 11.5 Å². The van der Waals surface area contributed by atoms with Gasteiger partial charge in [-0.25, -0.2) is 4.79 Å². The van der Waals surface area contributed by atoms with Crippen LogP contribution in [0.4, 0.5) is 4.79 Å². The van der Waals surface area contributed by atoms with Gasteiger partial charge < -0.3 is 14.8 Å². The van der Waals surface area contributed by atoms with Gasteiger partial charge in [-0.15, -0.1) is 0 Å². The number of amides is 3. The fraction of sp³-hybridized carbons (Fsp3) is 0.652. The highest BCUT2D eigenvalue weighted by Crippen LogP contribution is 2.31. The van der Waals surface area contributed by atoms with Gasteiger partial charge in [0.1, 0.15) is 13.2 Å². The summed E-state index contributed by atoms with van der Waals surface area (Å²) in [4.78, 5) is 29.0. The molecule has 1 aromatic carbocycles. The molecule has 0 spiro atoms. The molecule has 0 bridgehead atoms. The van der Waals surface area contributed by atoms with Gasteiger partial charge in [-0.3, -0.25) is 19.9 Å². The minimum absolute atomic E-state index is 0.172. The summed E-state index contributed by atoms with van der Waals surface area (Å²) in [5.74, 6) is 1.87. The normalized spacial score (nSPS) is 24.4. The highest BCUT2D eigenvalue weighted by Gasteiger charge is 2.24. The Hall–Kier alpha value is -2.32. The summed E-state index contributed by atoms with van der Waals surface area (Å²) in [6.07, 6.45) is 4.49. The van der Waals surface area contributed by atoms with Crippen molar-refractivity contribution in [1.82, 2.24) is 20.4 Å². The number of urea groups is 1. The molecule has 1 saturated heterocycles. The smallest absolute Gasteiger partial charge is 0.321 e. The quantitative estimate of drug-likeness (QED) is 0.743. The number of hydrogen-bond donors (Lipinski definition) is 2. The average molecular weight is 431 g/mol. The molecule has 170 valence electrons. The van der Waals surface area contributed by atoms with Crippen LogP contribution in [0.1, 0.15) is 38.2 Å². The van der Waals surface area contributed by atoms with E-state index in [1.54, 1.807) is 0 Å². The maximum Gasteiger partial charge on any atom is 0.321 e. The van der Waals surface area contributed by atoms with Gasteiger partial charge in [0, 0.05) is 38.8 Å². The number of nitrogens with zero attached hydrogens (tertiary/aromatic N) is 2. The summed E-state index contributed by atoms with van der Waals surface area (Å²) < 4.78 is 11.3. The van der Waals surface area contributed by atoms with E-state index in [2.05, 4.69) is 39.5 Å². The number of hydrogen-bond acceptors (Lipinski definition) is 6. The maximum atomic E-state index is 12.3. The SMILES string of the molecule is CC1CCCCC1NC(=O)NC(=O)CN1CCN(Cc2ccc3c(c2)OCCO3)CC1. The third-order valence-electron chi connectivity index (χ3n) is 6.53. The molecule has 2 fully saturated rings. The van der Waals surface area contributed by atoms with E-state index in [4.69, 9.17) is 9.47 Å². The van der Waals surface area contributed by atoms with Gasteiger partial charge in [-0.05, 0) is 36.5 Å². The lowest BCUT2D eigenvalue weighted by Crippen LogP contribution is -2.52. The Morgan fingerprint density at radius 3 is 2.48 bits per heavy atom. The maximum absolute atomic E-state index is 12.3. The topological polar surface area (TPSA) is 83.1 Å². The van der Waals surface area contributed by atoms with Gasteiger partial charge in [0.25, 0.3) is 0 Å². The molecule has 2 atom stereocenters. The molecule has 2 N–H and O–H groups in total. The molecule has 2 heterocycles. The largest absolute Gasteiger partial charge is 0.486 e. The lowest BCUT2D eigenvalue weighted by molar-refractivity contribution is -0.121. The zero-order chi connectivity index (χ0) is 21.6. The van der Waals surface area contributed by atoms with Crippen LogP contribution in [0.25, 0.3) is 0 Å². The van der Waals surface area contributed by atoms with E-state index in [0.29, 0.717) is 19.1 Å². The summed E-state index contributed by atoms with van der Waals surface area (Å²) >= 11 is 0. The van der Waals surface area contributed by atoms with Gasteiger partial charge >= 0.3 is 6.03 Å². The van der Waals surface area contributed by atoms with Crippen molar-refractivity contribution in [1.29, 1.82) is 0 Å². The Bertz CT molecular complexity index is 779. The monoisotopic (exact) mass is 430 g/mol. The number of piperazine rings is 1. The zero-order valence-corrected chi connectivity index (χ0v) is 18.4. The van der Waals surface area contributed by atoms with E-state index in [0.717, 1.165) is 63.5 Å². The van der Waals surface area contributed by atoms with Crippen LogP contribution in [0.2, 0.25) is 0 Å². The lowest BCUT2D eigenvalue weighted by atomic mass is 9.86. The predicted molar refractivity (Wildman–Crippen MR) is 117 cm³/mol. The molecular formula is C23H34N4O4. The summed E-state index contributed by atoms with van der Waals surface area (Å²) in [5.41, 5.74) is 1.20. The zero-order valence-electron chi connectivity index (χ0n) is 18.4. The predicted octanol–water partition coefficient (Wildman–Crippen LogP) is 1.98. The van der Waals surface area contributed by atoms with Gasteiger partial charge in [0.05, 0.1) is 6.54 Å². The van der Waals surface area contributed by atoms with E-state index < -0.39 is 0 Å². The summed E-state index contributed by atoms with van der Waals surface area (Å²) in [7, 11) is 0. The standard InChI is InChI=1S/C23H34N4O4/c1-17-4-2-3-5-19(17)24-23(29)25-22(28)16-27-10-8-26(9-11-27)15-18-6-7-20-21(14-18)31-13-12-30-20/h6-7,14,17,19H,2-5,8-13,15-16H2,1H3,(H2,24,25,28,29). The second kappa shape index (κ2) is 10.3. The molecule has 8 nitrogen and oxygen atoms in total. The minimum Gasteiger partial charge on any atom is -0.486 e. The highest BCUT2D eigenvalue weighted by molar-refractivity contribution is 5.95. The second-order valence-electron chi connectivity index (χ2n) is 8.92. The minimum atomic E-state index is -0.360. The van der Waals surface area contributed by atoms with Gasteiger partial charge in [0.15, 0.2) is 11.5 Å². The summed E-state index contributed by atoms with van der Waals surface area (Å²) in [6.45, 7) is 7.83. The molecule has 2 aliphatic heterocycles. The van der Waals surface area contributed by atoms with Gasteiger partial charge in [-0.2, -0.15) is 0 Å². The number of carbonyl (C=O) groups is 2. The van der Waals surface area contributed by atoms with Crippen molar-refractivity contribution in [3.05, 3.63) is 23.8 Å². The van der Waals surface area contributed by atoms with Crippen molar-refractivity contribution >= 4 is 11.9 Å². The third-order valence-corrected chi connectivity index (χ3v) is 6.53. The van der Waals surface area contributed by atoms with Crippen molar-refractivity contribution < 1.29 is 19.1 Å². The van der Waals surface area contributed by atoms with Gasteiger partial charge in [-0.1, -0.05) is 25.8 Å². The Labute approximate surface area is 184 Å². The summed E-state index contributed by atoms with van der Waals surface area (Å²) in [5, 5.41) is 5.48. The number of carbonyl (C=O) groups excluding carboxylic acids is 2. The molecule has 0 aromatic heterocycles. The first-order valence-electron chi connectivity index (χ1n) is 11.5. The molecule has 0 radical (unpaired) electrons. The van der Waals surface area contributed by atoms with E-state index in [-0.39, 0.29) is 24.5 Å². The number of imide groups is 1. The van der Waals surface area contributed by atoms with E-state index >= 15 is 0 Å².